The predicted molar refractivity (Wildman–Crippen MR) is 131 cm³/mol. The molecule has 0 unspecified atom stereocenters. The first-order chi connectivity index (χ1) is 16.2. The van der Waals surface area contributed by atoms with Gasteiger partial charge in [-0.05, 0) is 37.3 Å². The highest BCUT2D eigenvalue weighted by atomic mass is 32.2. The highest BCUT2D eigenvalue weighted by molar-refractivity contribution is 7.99. The van der Waals surface area contributed by atoms with E-state index < -0.39 is 0 Å². The fraction of sp³-hybridized carbons (Fsp3) is 0.261. The van der Waals surface area contributed by atoms with Crippen LogP contribution in [0.25, 0.3) is 11.0 Å². The molecule has 0 bridgehead atoms. The lowest BCUT2D eigenvalue weighted by Gasteiger charge is -2.07. The molecule has 2 aromatic carbocycles. The van der Waals surface area contributed by atoms with Crippen LogP contribution < -0.4 is 16.3 Å². The molecular formula is C23H25N7O3S. The summed E-state index contributed by atoms with van der Waals surface area (Å²) in [6.45, 7) is 2.15. The molecule has 34 heavy (non-hydrogen) atoms. The summed E-state index contributed by atoms with van der Waals surface area (Å²) >= 11 is 1.25. The lowest BCUT2D eigenvalue weighted by Crippen LogP contribution is -2.24. The van der Waals surface area contributed by atoms with Gasteiger partial charge in [-0.2, -0.15) is 0 Å². The predicted octanol–water partition coefficient (Wildman–Crippen LogP) is 1.97. The van der Waals surface area contributed by atoms with E-state index in [4.69, 9.17) is 0 Å². The Balaban J connectivity index is 1.34. The molecule has 0 atom stereocenters. The number of anilines is 1. The second kappa shape index (κ2) is 9.56. The Bertz CT molecular complexity index is 1450. The third-order valence-corrected chi connectivity index (χ3v) is 6.52. The number of hydrogen-bond donors (Lipinski definition) is 2. The van der Waals surface area contributed by atoms with Gasteiger partial charge in [-0.1, -0.05) is 29.5 Å². The number of nitrogens with one attached hydrogen (secondary N) is 2. The molecule has 10 nitrogen and oxygen atoms in total. The Morgan fingerprint density at radius 2 is 1.74 bits per heavy atom. The van der Waals surface area contributed by atoms with Crippen molar-refractivity contribution in [1.82, 2.24) is 29.2 Å². The molecule has 176 valence electrons. The van der Waals surface area contributed by atoms with E-state index in [1.807, 2.05) is 25.1 Å². The molecule has 11 heteroatoms. The Morgan fingerprint density at radius 1 is 0.971 bits per heavy atom. The summed E-state index contributed by atoms with van der Waals surface area (Å²) < 4.78 is 4.85. The standard InChI is InChI=1S/C23H25N7O3S/c1-14-6-5-7-15(10-14)21(32)24-12-19-26-27-22(30(19)4)34-13-20(31)25-16-8-9-17-18(11-16)29(3)23(33)28(17)2/h5-11H,12-13H2,1-4H3,(H,24,32)(H,25,31). The fourth-order valence-electron chi connectivity index (χ4n) is 3.58. The van der Waals surface area contributed by atoms with Gasteiger partial charge in [0.2, 0.25) is 5.91 Å². The van der Waals surface area contributed by atoms with Crippen LogP contribution in [0.1, 0.15) is 21.7 Å². The molecule has 0 radical (unpaired) electrons. The van der Waals surface area contributed by atoms with E-state index in [1.54, 1.807) is 59.1 Å². The first-order valence-corrected chi connectivity index (χ1v) is 11.5. The van der Waals surface area contributed by atoms with Gasteiger partial charge in [0.05, 0.1) is 23.3 Å². The molecule has 0 saturated heterocycles. The molecule has 4 aromatic rings. The SMILES string of the molecule is Cc1cccc(C(=O)NCc2nnc(SCC(=O)Nc3ccc4c(c3)n(C)c(=O)n4C)n2C)c1. The molecule has 0 aliphatic heterocycles. The molecule has 2 aromatic heterocycles. The number of benzene rings is 2. The Morgan fingerprint density at radius 3 is 2.50 bits per heavy atom. The molecule has 4 rings (SSSR count). The lowest BCUT2D eigenvalue weighted by molar-refractivity contribution is -0.113. The number of aromatic nitrogens is 5. The second-order valence-corrected chi connectivity index (χ2v) is 8.89. The van der Waals surface area contributed by atoms with Gasteiger partial charge in [-0.15, -0.1) is 10.2 Å². The average Bonchev–Trinajstić information content (AvgIpc) is 3.28. The molecule has 2 heterocycles. The van der Waals surface area contributed by atoms with Crippen molar-refractivity contribution in [3.63, 3.8) is 0 Å². The number of rotatable bonds is 7. The summed E-state index contributed by atoms with van der Waals surface area (Å²) in [4.78, 5) is 36.9. The lowest BCUT2D eigenvalue weighted by atomic mass is 10.1. The van der Waals surface area contributed by atoms with E-state index in [1.165, 1.54) is 11.8 Å². The largest absolute Gasteiger partial charge is 0.345 e. The molecule has 2 N–H and O–H groups in total. The number of aryl methyl sites for hydroxylation is 3. The molecule has 0 fully saturated rings. The maximum atomic E-state index is 12.5. The van der Waals surface area contributed by atoms with Crippen LogP contribution in [0.2, 0.25) is 0 Å². The Kier molecular flexibility index (Phi) is 6.55. The number of fused-ring (bicyclic) bond motifs is 1. The zero-order valence-electron chi connectivity index (χ0n) is 19.3. The maximum Gasteiger partial charge on any atom is 0.328 e. The molecule has 0 aliphatic carbocycles. The highest BCUT2D eigenvalue weighted by Gasteiger charge is 2.14. The van der Waals surface area contributed by atoms with Gasteiger partial charge in [-0.25, -0.2) is 4.79 Å². The van der Waals surface area contributed by atoms with E-state index in [9.17, 15) is 14.4 Å². The van der Waals surface area contributed by atoms with E-state index in [-0.39, 0.29) is 29.8 Å². The third-order valence-electron chi connectivity index (χ3n) is 5.50. The van der Waals surface area contributed by atoms with Crippen LogP contribution in [0.4, 0.5) is 5.69 Å². The summed E-state index contributed by atoms with van der Waals surface area (Å²) in [5.74, 6) is 0.322. The molecule has 2 amide bonds. The van der Waals surface area contributed by atoms with Crippen molar-refractivity contribution < 1.29 is 9.59 Å². The van der Waals surface area contributed by atoms with E-state index in [0.29, 0.717) is 22.2 Å². The van der Waals surface area contributed by atoms with Gasteiger partial charge in [0.25, 0.3) is 5.91 Å². The number of amides is 2. The second-order valence-electron chi connectivity index (χ2n) is 7.95. The summed E-state index contributed by atoms with van der Waals surface area (Å²) in [5.41, 5.74) is 3.61. The summed E-state index contributed by atoms with van der Waals surface area (Å²) in [6, 6.07) is 12.7. The van der Waals surface area contributed by atoms with Crippen LogP contribution in [0.5, 0.6) is 0 Å². The van der Waals surface area contributed by atoms with Gasteiger partial charge >= 0.3 is 5.69 Å². The number of carbonyl (C=O) groups is 2. The Hall–Kier alpha value is -3.86. The van der Waals surface area contributed by atoms with Crippen molar-refractivity contribution in [3.8, 4) is 0 Å². The molecule has 0 aliphatic rings. The first-order valence-electron chi connectivity index (χ1n) is 10.6. The van der Waals surface area contributed by atoms with Crippen LogP contribution in [-0.4, -0.2) is 41.5 Å². The van der Waals surface area contributed by atoms with Crippen LogP contribution in [0.3, 0.4) is 0 Å². The van der Waals surface area contributed by atoms with Crippen molar-refractivity contribution >= 4 is 40.3 Å². The van der Waals surface area contributed by atoms with Gasteiger partial charge in [0.15, 0.2) is 11.0 Å². The van der Waals surface area contributed by atoms with Gasteiger partial charge in [0, 0.05) is 32.4 Å². The quantitative estimate of drug-likeness (QED) is 0.392. The van der Waals surface area contributed by atoms with Gasteiger partial charge in [-0.3, -0.25) is 18.7 Å². The number of imidazole rings is 1. The van der Waals surface area contributed by atoms with Crippen LogP contribution in [0, 0.1) is 6.92 Å². The van der Waals surface area contributed by atoms with Crippen LogP contribution >= 0.6 is 11.8 Å². The molecular weight excluding hydrogens is 454 g/mol. The maximum absolute atomic E-state index is 12.5. The van der Waals surface area contributed by atoms with Gasteiger partial charge < -0.3 is 15.2 Å². The fourth-order valence-corrected chi connectivity index (χ4v) is 4.31. The van der Waals surface area contributed by atoms with Crippen molar-refractivity contribution in [2.24, 2.45) is 21.1 Å². The summed E-state index contributed by atoms with van der Waals surface area (Å²) in [5, 5.41) is 14.5. The van der Waals surface area contributed by atoms with Crippen molar-refractivity contribution in [3.05, 3.63) is 69.9 Å². The van der Waals surface area contributed by atoms with Crippen LogP contribution in [-0.2, 0) is 32.5 Å². The molecule has 0 spiro atoms. The monoisotopic (exact) mass is 479 g/mol. The van der Waals surface area contributed by atoms with E-state index in [2.05, 4.69) is 20.8 Å². The average molecular weight is 480 g/mol. The smallest absolute Gasteiger partial charge is 0.328 e. The molecule has 0 saturated carbocycles. The summed E-state index contributed by atoms with van der Waals surface area (Å²) in [6.07, 6.45) is 0. The minimum atomic E-state index is -0.206. The van der Waals surface area contributed by atoms with Crippen molar-refractivity contribution in [2.45, 2.75) is 18.6 Å². The van der Waals surface area contributed by atoms with E-state index >= 15 is 0 Å². The summed E-state index contributed by atoms with van der Waals surface area (Å²) in [7, 11) is 5.20. The highest BCUT2D eigenvalue weighted by Crippen LogP contribution is 2.19. The van der Waals surface area contributed by atoms with Gasteiger partial charge in [0.1, 0.15) is 0 Å². The van der Waals surface area contributed by atoms with Crippen LogP contribution in [0.15, 0.2) is 52.4 Å². The Labute approximate surface area is 200 Å². The number of carbonyl (C=O) groups excluding carboxylic acids is 2. The van der Waals surface area contributed by atoms with E-state index in [0.717, 1.165) is 16.6 Å². The zero-order valence-corrected chi connectivity index (χ0v) is 20.1. The number of nitrogens with zero attached hydrogens (tertiary/aromatic N) is 5. The third kappa shape index (κ3) is 4.74. The zero-order chi connectivity index (χ0) is 24.4. The minimum Gasteiger partial charge on any atom is -0.345 e. The number of thioether (sulfide) groups is 1. The van der Waals surface area contributed by atoms with Crippen molar-refractivity contribution in [1.29, 1.82) is 0 Å². The van der Waals surface area contributed by atoms with Crippen molar-refractivity contribution in [2.75, 3.05) is 11.1 Å². The minimum absolute atomic E-state index is 0.123. The first kappa shape index (κ1) is 23.3. The normalized spacial score (nSPS) is 11.1. The number of hydrogen-bond acceptors (Lipinski definition) is 6. The topological polar surface area (TPSA) is 116 Å².